The van der Waals surface area contributed by atoms with Crippen LogP contribution < -0.4 is 5.73 Å². The fourth-order valence-corrected chi connectivity index (χ4v) is 2.00. The maximum absolute atomic E-state index is 11.5. The van der Waals surface area contributed by atoms with Gasteiger partial charge in [-0.15, -0.1) is 0 Å². The summed E-state index contributed by atoms with van der Waals surface area (Å²) in [4.78, 5) is 22.5. The highest BCUT2D eigenvalue weighted by molar-refractivity contribution is 5.82. The van der Waals surface area contributed by atoms with Gasteiger partial charge in [-0.2, -0.15) is 5.26 Å². The first-order valence-corrected chi connectivity index (χ1v) is 7.03. The van der Waals surface area contributed by atoms with Gasteiger partial charge in [-0.05, 0) is 19.8 Å². The van der Waals surface area contributed by atoms with Crippen LogP contribution in [0.2, 0.25) is 0 Å². The average molecular weight is 288 g/mol. The van der Waals surface area contributed by atoms with E-state index in [0.29, 0.717) is 0 Å². The molecule has 118 valence electrons. The van der Waals surface area contributed by atoms with Gasteiger partial charge < -0.3 is 15.6 Å². The number of rotatable bonds is 3. The van der Waals surface area contributed by atoms with Gasteiger partial charge in [0, 0.05) is 1.43 Å². The van der Waals surface area contributed by atoms with Gasteiger partial charge in [0.05, 0.1) is 24.5 Å². The average Bonchev–Trinajstić information content (AvgIpc) is 2.83. The van der Waals surface area contributed by atoms with Gasteiger partial charge >= 0.3 is 11.9 Å². The molecule has 0 aliphatic heterocycles. The van der Waals surface area contributed by atoms with E-state index in [1.165, 1.54) is 0 Å². The number of hydrogen-bond acceptors (Lipinski definition) is 5. The van der Waals surface area contributed by atoms with E-state index in [9.17, 15) is 9.59 Å². The third-order valence-electron chi connectivity index (χ3n) is 2.78. The fraction of sp³-hybridized carbons (Fsp3) is 0.786. The zero-order chi connectivity index (χ0) is 16.3. The van der Waals surface area contributed by atoms with Crippen LogP contribution in [0.25, 0.3) is 0 Å². The first-order chi connectivity index (χ1) is 9.43. The summed E-state index contributed by atoms with van der Waals surface area (Å²) >= 11 is 0. The van der Waals surface area contributed by atoms with Crippen LogP contribution >= 0.6 is 0 Å². The number of nitrogens with two attached hydrogens (primary N) is 1. The Morgan fingerprint density at radius 2 is 1.80 bits per heavy atom. The summed E-state index contributed by atoms with van der Waals surface area (Å²) in [7, 11) is 0. The van der Waals surface area contributed by atoms with Crippen LogP contribution in [0.3, 0.4) is 0 Å². The smallest absolute Gasteiger partial charge is 0.309 e. The molecule has 1 saturated carbocycles. The molecule has 6 heteroatoms. The van der Waals surface area contributed by atoms with Crippen molar-refractivity contribution in [2.75, 3.05) is 6.61 Å². The van der Waals surface area contributed by atoms with Crippen molar-refractivity contribution in [3.63, 3.8) is 0 Å². The number of ether oxygens (including phenoxy) is 1. The zero-order valence-corrected chi connectivity index (χ0v) is 13.0. The molecule has 1 aliphatic rings. The number of nitriles is 1. The molecule has 0 aromatic heterocycles. The lowest BCUT2D eigenvalue weighted by Crippen LogP contribution is -2.35. The number of carboxylic acids is 1. The molecule has 3 N–H and O–H groups in total. The predicted molar refractivity (Wildman–Crippen MR) is 77.8 cm³/mol. The van der Waals surface area contributed by atoms with Crippen molar-refractivity contribution in [1.82, 2.24) is 0 Å². The molecule has 0 aromatic carbocycles. The Bertz CT molecular complexity index is 357. The Hall–Kier alpha value is -1.61. The first-order valence-electron chi connectivity index (χ1n) is 7.03. The number of nitrogens with zero attached hydrogens (tertiary/aromatic N) is 1. The minimum atomic E-state index is -1.24. The van der Waals surface area contributed by atoms with Crippen LogP contribution in [0.5, 0.6) is 0 Å². The molecule has 1 fully saturated rings. The third kappa shape index (κ3) is 5.57. The molecule has 0 saturated heterocycles. The van der Waals surface area contributed by atoms with Crippen LogP contribution in [-0.4, -0.2) is 29.2 Å². The second-order valence-electron chi connectivity index (χ2n) is 3.98. The SMILES string of the molecule is CC.CC.CCOC(=O)C1CC(N)(C#N)CC1C(=O)O.[HH]. The van der Waals surface area contributed by atoms with E-state index in [0.717, 1.165) is 0 Å². The van der Waals surface area contributed by atoms with Crippen molar-refractivity contribution < 1.29 is 20.9 Å². The molecule has 3 unspecified atom stereocenters. The van der Waals surface area contributed by atoms with Crippen LogP contribution in [-0.2, 0) is 14.3 Å². The highest BCUT2D eigenvalue weighted by Crippen LogP contribution is 2.38. The lowest BCUT2D eigenvalue weighted by molar-refractivity contribution is -0.156. The zero-order valence-electron chi connectivity index (χ0n) is 13.0. The van der Waals surface area contributed by atoms with E-state index in [1.54, 1.807) is 6.92 Å². The number of esters is 1. The Balaban J connectivity index is -0.000000595. The molecular weight excluding hydrogens is 260 g/mol. The minimum Gasteiger partial charge on any atom is -0.481 e. The van der Waals surface area contributed by atoms with Gasteiger partial charge in [0.2, 0.25) is 0 Å². The van der Waals surface area contributed by atoms with E-state index in [4.69, 9.17) is 20.8 Å². The Morgan fingerprint density at radius 3 is 2.15 bits per heavy atom. The second-order valence-corrected chi connectivity index (χ2v) is 3.98. The molecule has 1 rings (SSSR count). The summed E-state index contributed by atoms with van der Waals surface area (Å²) in [5, 5.41) is 17.8. The topological polar surface area (TPSA) is 113 Å². The lowest BCUT2D eigenvalue weighted by atomic mass is 9.96. The van der Waals surface area contributed by atoms with E-state index in [2.05, 4.69) is 0 Å². The summed E-state index contributed by atoms with van der Waals surface area (Å²) in [5.41, 5.74) is 4.44. The molecular formula is C14H28N2O4. The molecule has 1 aliphatic carbocycles. The summed E-state index contributed by atoms with van der Waals surface area (Å²) in [5.74, 6) is -3.44. The normalized spacial score (nSPS) is 27.1. The highest BCUT2D eigenvalue weighted by atomic mass is 16.5. The third-order valence-corrected chi connectivity index (χ3v) is 2.78. The lowest BCUT2D eigenvalue weighted by Gasteiger charge is -2.13. The van der Waals surface area contributed by atoms with Crippen LogP contribution in [0, 0.1) is 23.2 Å². The standard InChI is InChI=1S/C10H14N2O4.2C2H6.H2/c1-2-16-9(15)7-4-10(12,5-11)3-6(7)8(13)14;2*1-2;/h6-7H,2-4,12H2,1H3,(H,13,14);2*1-2H3;1H. The van der Waals surface area contributed by atoms with Crippen molar-refractivity contribution >= 4 is 11.9 Å². The van der Waals surface area contributed by atoms with E-state index >= 15 is 0 Å². The molecule has 0 radical (unpaired) electrons. The summed E-state index contributed by atoms with van der Waals surface area (Å²) in [6.07, 6.45) is 0.0294. The first kappa shape index (κ1) is 20.7. The number of aliphatic carboxylic acids is 1. The molecule has 0 spiro atoms. The quantitative estimate of drug-likeness (QED) is 0.769. The van der Waals surface area contributed by atoms with Crippen molar-refractivity contribution in [2.45, 2.75) is 53.0 Å². The molecule has 0 aromatic rings. The largest absolute Gasteiger partial charge is 0.481 e. The maximum Gasteiger partial charge on any atom is 0.309 e. The summed E-state index contributed by atoms with van der Waals surface area (Å²) < 4.78 is 4.78. The van der Waals surface area contributed by atoms with Crippen molar-refractivity contribution in [1.29, 1.82) is 5.26 Å². The Morgan fingerprint density at radius 1 is 1.35 bits per heavy atom. The Labute approximate surface area is 122 Å². The summed E-state index contributed by atoms with van der Waals surface area (Å²) in [6, 6.07) is 1.86. The molecule has 0 heterocycles. The molecule has 3 atom stereocenters. The molecule has 6 nitrogen and oxygen atoms in total. The van der Waals surface area contributed by atoms with Crippen LogP contribution in [0.1, 0.15) is 48.9 Å². The Kier molecular flexibility index (Phi) is 10.6. The number of carboxylic acid groups (broad SMARTS) is 1. The monoisotopic (exact) mass is 288 g/mol. The van der Waals surface area contributed by atoms with Crippen molar-refractivity contribution in [3.05, 3.63) is 0 Å². The molecule has 20 heavy (non-hydrogen) atoms. The van der Waals surface area contributed by atoms with Crippen LogP contribution in [0.4, 0.5) is 0 Å². The predicted octanol–water partition coefficient (Wildman–Crippen LogP) is 2.18. The van der Waals surface area contributed by atoms with Crippen molar-refractivity contribution in [3.8, 4) is 6.07 Å². The van der Waals surface area contributed by atoms with E-state index in [-0.39, 0.29) is 20.9 Å². The number of hydrogen-bond donors (Lipinski definition) is 2. The van der Waals surface area contributed by atoms with Gasteiger partial charge in [0.25, 0.3) is 0 Å². The van der Waals surface area contributed by atoms with Crippen LogP contribution in [0.15, 0.2) is 0 Å². The molecule has 0 amide bonds. The van der Waals surface area contributed by atoms with Gasteiger partial charge in [-0.3, -0.25) is 9.59 Å². The van der Waals surface area contributed by atoms with Gasteiger partial charge in [0.15, 0.2) is 0 Å². The summed E-state index contributed by atoms with van der Waals surface area (Å²) in [6.45, 7) is 9.83. The number of carbonyl (C=O) groups is 2. The molecule has 0 bridgehead atoms. The maximum atomic E-state index is 11.5. The van der Waals surface area contributed by atoms with Gasteiger partial charge in [-0.1, -0.05) is 27.7 Å². The minimum absolute atomic E-state index is 0. The van der Waals surface area contributed by atoms with Gasteiger partial charge in [0.1, 0.15) is 5.54 Å². The van der Waals surface area contributed by atoms with E-state index in [1.807, 2.05) is 33.8 Å². The second kappa shape index (κ2) is 10.2. The highest BCUT2D eigenvalue weighted by Gasteiger charge is 2.50. The number of carbonyl (C=O) groups excluding carboxylic acids is 1. The van der Waals surface area contributed by atoms with Gasteiger partial charge in [-0.25, -0.2) is 0 Å². The van der Waals surface area contributed by atoms with Crippen molar-refractivity contribution in [2.24, 2.45) is 17.6 Å². The fourth-order valence-electron chi connectivity index (χ4n) is 2.00. The van der Waals surface area contributed by atoms with E-state index < -0.39 is 29.3 Å².